The maximum atomic E-state index is 12.7. The van der Waals surface area contributed by atoms with E-state index in [2.05, 4.69) is 16.0 Å². The molecule has 7 heteroatoms. The highest BCUT2D eigenvalue weighted by atomic mass is 35.5. The lowest BCUT2D eigenvalue weighted by Crippen LogP contribution is -2.36. The van der Waals surface area contributed by atoms with E-state index >= 15 is 0 Å². The summed E-state index contributed by atoms with van der Waals surface area (Å²) >= 11 is 6.24. The molecule has 0 radical (unpaired) electrons. The Labute approximate surface area is 188 Å². The third-order valence-corrected chi connectivity index (χ3v) is 5.42. The molecule has 0 unspecified atom stereocenters. The van der Waals surface area contributed by atoms with E-state index in [0.717, 1.165) is 37.1 Å². The van der Waals surface area contributed by atoms with Crippen molar-refractivity contribution in [3.8, 4) is 5.75 Å². The van der Waals surface area contributed by atoms with Crippen molar-refractivity contribution in [3.63, 3.8) is 0 Å². The van der Waals surface area contributed by atoms with Crippen LogP contribution in [0.5, 0.6) is 5.75 Å². The smallest absolute Gasteiger partial charge is 0.253 e. The van der Waals surface area contributed by atoms with Crippen molar-refractivity contribution in [2.45, 2.75) is 58.1 Å². The molecule has 3 rings (SSSR count). The number of halogens is 1. The third kappa shape index (κ3) is 7.17. The lowest BCUT2D eigenvalue weighted by atomic mass is 9.95. The Kier molecular flexibility index (Phi) is 8.18. The quantitative estimate of drug-likeness (QED) is 0.521. The molecule has 1 aliphatic carbocycles. The topological polar surface area (TPSA) is 79.5 Å². The van der Waals surface area contributed by atoms with Crippen LogP contribution >= 0.6 is 11.6 Å². The Morgan fingerprint density at radius 1 is 1.06 bits per heavy atom. The number of nitrogens with one attached hydrogen (secondary N) is 3. The number of carbonyl (C=O) groups excluding carboxylic acids is 2. The van der Waals surface area contributed by atoms with Crippen molar-refractivity contribution in [2.24, 2.45) is 0 Å². The van der Waals surface area contributed by atoms with Crippen LogP contribution in [-0.4, -0.2) is 30.5 Å². The van der Waals surface area contributed by atoms with Gasteiger partial charge in [0.1, 0.15) is 5.75 Å². The van der Waals surface area contributed by atoms with Gasteiger partial charge in [-0.1, -0.05) is 36.9 Å². The average Bonchev–Trinajstić information content (AvgIpc) is 2.74. The highest BCUT2D eigenvalue weighted by Gasteiger charge is 2.19. The van der Waals surface area contributed by atoms with Gasteiger partial charge in [-0.2, -0.15) is 0 Å². The fourth-order valence-corrected chi connectivity index (χ4v) is 3.83. The van der Waals surface area contributed by atoms with Gasteiger partial charge in [0.15, 0.2) is 0 Å². The number of rotatable bonds is 8. The van der Waals surface area contributed by atoms with Gasteiger partial charge in [-0.05, 0) is 57.0 Å². The second-order valence-electron chi connectivity index (χ2n) is 8.10. The zero-order valence-corrected chi connectivity index (χ0v) is 18.8. The van der Waals surface area contributed by atoms with E-state index in [0.29, 0.717) is 16.3 Å². The first-order valence-corrected chi connectivity index (χ1v) is 11.2. The number of anilines is 2. The van der Waals surface area contributed by atoms with Crippen LogP contribution in [0.3, 0.4) is 0 Å². The summed E-state index contributed by atoms with van der Waals surface area (Å²) < 4.78 is 5.67. The first-order chi connectivity index (χ1) is 14.9. The minimum absolute atomic E-state index is 0.0768. The van der Waals surface area contributed by atoms with Crippen molar-refractivity contribution < 1.29 is 14.3 Å². The molecule has 0 aliphatic heterocycles. The summed E-state index contributed by atoms with van der Waals surface area (Å²) in [4.78, 5) is 25.1. The monoisotopic (exact) mass is 443 g/mol. The number of hydrogen-bond acceptors (Lipinski definition) is 4. The number of ether oxygens (including phenoxy) is 1. The van der Waals surface area contributed by atoms with Gasteiger partial charge in [-0.15, -0.1) is 0 Å². The SMILES string of the molecule is CC(C)Oc1cccc(NCC(=O)Nc2ccc(Cl)c(C(=O)NC3CCCCC3)c2)c1. The second kappa shape index (κ2) is 11.0. The molecule has 3 N–H and O–H groups in total. The van der Waals surface area contributed by atoms with Gasteiger partial charge in [0.25, 0.3) is 5.91 Å². The van der Waals surface area contributed by atoms with Gasteiger partial charge in [0.05, 0.1) is 23.2 Å². The van der Waals surface area contributed by atoms with Crippen LogP contribution in [0.25, 0.3) is 0 Å². The maximum Gasteiger partial charge on any atom is 0.253 e. The molecule has 0 bridgehead atoms. The van der Waals surface area contributed by atoms with Gasteiger partial charge in [-0.3, -0.25) is 9.59 Å². The molecule has 0 spiro atoms. The Hall–Kier alpha value is -2.73. The van der Waals surface area contributed by atoms with Crippen molar-refractivity contribution in [2.75, 3.05) is 17.2 Å². The lowest BCUT2D eigenvalue weighted by Gasteiger charge is -2.23. The molecule has 0 heterocycles. The summed E-state index contributed by atoms with van der Waals surface area (Å²) in [6, 6.07) is 12.6. The highest BCUT2D eigenvalue weighted by molar-refractivity contribution is 6.34. The minimum Gasteiger partial charge on any atom is -0.491 e. The molecule has 0 saturated heterocycles. The van der Waals surface area contributed by atoms with Crippen LogP contribution in [0.4, 0.5) is 11.4 Å². The fourth-order valence-electron chi connectivity index (χ4n) is 3.63. The van der Waals surface area contributed by atoms with Crippen molar-refractivity contribution in [3.05, 3.63) is 53.1 Å². The number of carbonyl (C=O) groups is 2. The van der Waals surface area contributed by atoms with Gasteiger partial charge in [0, 0.05) is 23.5 Å². The summed E-state index contributed by atoms with van der Waals surface area (Å²) in [5.74, 6) is 0.316. The van der Waals surface area contributed by atoms with Gasteiger partial charge < -0.3 is 20.7 Å². The summed E-state index contributed by atoms with van der Waals surface area (Å²) in [7, 11) is 0. The summed E-state index contributed by atoms with van der Waals surface area (Å²) in [5, 5.41) is 9.33. The summed E-state index contributed by atoms with van der Waals surface area (Å²) in [6.45, 7) is 4.00. The molecule has 31 heavy (non-hydrogen) atoms. The molecule has 1 aliphatic rings. The van der Waals surface area contributed by atoms with E-state index in [4.69, 9.17) is 16.3 Å². The Morgan fingerprint density at radius 2 is 1.84 bits per heavy atom. The normalized spacial score (nSPS) is 14.2. The average molecular weight is 444 g/mol. The molecule has 2 aromatic carbocycles. The first kappa shape index (κ1) is 22.9. The van der Waals surface area contributed by atoms with Crippen LogP contribution in [0, 0.1) is 0 Å². The summed E-state index contributed by atoms with van der Waals surface area (Å²) in [6.07, 6.45) is 5.55. The predicted molar refractivity (Wildman–Crippen MR) is 125 cm³/mol. The minimum atomic E-state index is -0.226. The molecule has 1 saturated carbocycles. The van der Waals surface area contributed by atoms with Gasteiger partial charge >= 0.3 is 0 Å². The zero-order valence-electron chi connectivity index (χ0n) is 18.0. The van der Waals surface area contributed by atoms with Crippen molar-refractivity contribution in [1.82, 2.24) is 5.32 Å². The van der Waals surface area contributed by atoms with Gasteiger partial charge in [0.2, 0.25) is 5.91 Å². The van der Waals surface area contributed by atoms with Crippen LogP contribution < -0.4 is 20.7 Å². The molecule has 6 nitrogen and oxygen atoms in total. The Balaban J connectivity index is 1.56. The Bertz CT molecular complexity index is 911. The highest BCUT2D eigenvalue weighted by Crippen LogP contribution is 2.23. The van der Waals surface area contributed by atoms with E-state index in [1.807, 2.05) is 38.1 Å². The van der Waals surface area contributed by atoms with Crippen LogP contribution in [-0.2, 0) is 4.79 Å². The Morgan fingerprint density at radius 3 is 2.58 bits per heavy atom. The maximum absolute atomic E-state index is 12.7. The molecule has 1 fully saturated rings. The summed E-state index contributed by atoms with van der Waals surface area (Å²) in [5.41, 5.74) is 1.69. The van der Waals surface area contributed by atoms with E-state index in [1.165, 1.54) is 6.42 Å². The van der Waals surface area contributed by atoms with Crippen LogP contribution in [0.15, 0.2) is 42.5 Å². The molecular formula is C24H30ClN3O3. The largest absolute Gasteiger partial charge is 0.491 e. The molecule has 2 aromatic rings. The third-order valence-electron chi connectivity index (χ3n) is 5.09. The van der Waals surface area contributed by atoms with E-state index < -0.39 is 0 Å². The van der Waals surface area contributed by atoms with Crippen LogP contribution in [0.2, 0.25) is 5.02 Å². The number of amides is 2. The van der Waals surface area contributed by atoms with Gasteiger partial charge in [-0.25, -0.2) is 0 Å². The predicted octanol–water partition coefficient (Wildman–Crippen LogP) is 5.24. The van der Waals surface area contributed by atoms with E-state index in [-0.39, 0.29) is 30.5 Å². The molecular weight excluding hydrogens is 414 g/mol. The zero-order chi connectivity index (χ0) is 22.2. The fraction of sp³-hybridized carbons (Fsp3) is 0.417. The first-order valence-electron chi connectivity index (χ1n) is 10.8. The molecule has 2 amide bonds. The lowest BCUT2D eigenvalue weighted by molar-refractivity contribution is -0.114. The molecule has 166 valence electrons. The second-order valence-corrected chi connectivity index (χ2v) is 8.51. The van der Waals surface area contributed by atoms with Crippen molar-refractivity contribution >= 4 is 34.8 Å². The van der Waals surface area contributed by atoms with Crippen molar-refractivity contribution in [1.29, 1.82) is 0 Å². The molecule has 0 aromatic heterocycles. The standard InChI is InChI=1S/C24H30ClN3O3/c1-16(2)31-20-10-6-9-18(13-20)26-15-23(29)27-19-11-12-22(25)21(14-19)24(30)28-17-7-4-3-5-8-17/h6,9-14,16-17,26H,3-5,7-8,15H2,1-2H3,(H,27,29)(H,28,30). The number of benzene rings is 2. The van der Waals surface area contributed by atoms with E-state index in [9.17, 15) is 9.59 Å². The van der Waals surface area contributed by atoms with E-state index in [1.54, 1.807) is 18.2 Å². The number of hydrogen-bond donors (Lipinski definition) is 3. The van der Waals surface area contributed by atoms with Crippen LogP contribution in [0.1, 0.15) is 56.3 Å². The molecule has 0 atom stereocenters.